The number of halogens is 1. The Balaban J connectivity index is 1.82. The van der Waals surface area contributed by atoms with Crippen molar-refractivity contribution in [2.75, 3.05) is 6.61 Å². The number of amides is 2. The first-order valence-electron chi connectivity index (χ1n) is 9.49. The Labute approximate surface area is 173 Å². The zero-order valence-electron chi connectivity index (χ0n) is 15.8. The van der Waals surface area contributed by atoms with Crippen LogP contribution in [0.5, 0.6) is 0 Å². The number of hydrogen-bond acceptors (Lipinski definition) is 4. The summed E-state index contributed by atoms with van der Waals surface area (Å²) in [6.07, 6.45) is 1.12. The Morgan fingerprint density at radius 2 is 1.89 bits per heavy atom. The molecule has 0 saturated carbocycles. The van der Waals surface area contributed by atoms with E-state index in [2.05, 4.69) is 22.9 Å². The third-order valence-electron chi connectivity index (χ3n) is 4.98. The first-order chi connectivity index (χ1) is 13.5. The number of cyclic esters (lactones) is 1. The van der Waals surface area contributed by atoms with Crippen molar-refractivity contribution >= 4 is 27.9 Å². The number of carbonyl (C=O) groups is 2. The first-order valence-corrected chi connectivity index (χ1v) is 10.4. The van der Waals surface area contributed by atoms with Crippen LogP contribution in [0.15, 0.2) is 54.6 Å². The van der Waals surface area contributed by atoms with E-state index in [1.165, 1.54) is 0 Å². The number of rotatable bonds is 7. The third kappa shape index (κ3) is 4.28. The standard InChI is InChI=1S/C22H24BrNO4/c1-2-3-9-15-10-7-8-13-17(15)20(25)19(23)21(26)24-18(14-28-22(24)27)16-11-5-4-6-12-16/h4-8,10-13,18-20,25H,2-3,9,14H2,1H3/t18-,19+,20+/m0/s1. The van der Waals surface area contributed by atoms with E-state index in [9.17, 15) is 14.7 Å². The van der Waals surface area contributed by atoms with Crippen LogP contribution in [0.25, 0.3) is 0 Å². The molecular weight excluding hydrogens is 422 g/mol. The van der Waals surface area contributed by atoms with E-state index in [-0.39, 0.29) is 6.61 Å². The van der Waals surface area contributed by atoms with Gasteiger partial charge in [0.25, 0.3) is 0 Å². The Hall–Kier alpha value is -2.18. The molecular formula is C22H24BrNO4. The second-order valence-corrected chi connectivity index (χ2v) is 7.85. The second kappa shape index (κ2) is 9.34. The molecule has 0 aliphatic carbocycles. The molecule has 3 rings (SSSR count). The topological polar surface area (TPSA) is 66.8 Å². The molecule has 3 atom stereocenters. The summed E-state index contributed by atoms with van der Waals surface area (Å²) >= 11 is 3.34. The number of aliphatic hydroxyl groups is 1. The van der Waals surface area contributed by atoms with Crippen molar-refractivity contribution in [1.29, 1.82) is 0 Å². The second-order valence-electron chi connectivity index (χ2n) is 6.86. The molecule has 6 heteroatoms. The van der Waals surface area contributed by atoms with Crippen molar-refractivity contribution in [3.05, 3.63) is 71.3 Å². The van der Waals surface area contributed by atoms with E-state index in [0.717, 1.165) is 35.3 Å². The van der Waals surface area contributed by atoms with Gasteiger partial charge in [0.05, 0.1) is 0 Å². The van der Waals surface area contributed by atoms with Gasteiger partial charge in [-0.1, -0.05) is 83.9 Å². The van der Waals surface area contributed by atoms with Crippen LogP contribution in [0.4, 0.5) is 4.79 Å². The Bertz CT molecular complexity index is 826. The monoisotopic (exact) mass is 445 g/mol. The van der Waals surface area contributed by atoms with E-state index >= 15 is 0 Å². The quantitative estimate of drug-likeness (QED) is 0.634. The molecule has 2 aromatic carbocycles. The van der Waals surface area contributed by atoms with Gasteiger partial charge in [0.2, 0.25) is 5.91 Å². The molecule has 1 aliphatic heterocycles. The third-order valence-corrected chi connectivity index (χ3v) is 5.87. The van der Waals surface area contributed by atoms with Crippen LogP contribution in [-0.4, -0.2) is 33.4 Å². The fraction of sp³-hybridized carbons (Fsp3) is 0.364. The number of hydrogen-bond donors (Lipinski definition) is 1. The van der Waals surface area contributed by atoms with Crippen molar-refractivity contribution < 1.29 is 19.4 Å². The average Bonchev–Trinajstić information content (AvgIpc) is 3.12. The maximum Gasteiger partial charge on any atom is 0.417 e. The lowest BCUT2D eigenvalue weighted by Crippen LogP contribution is -2.41. The van der Waals surface area contributed by atoms with Gasteiger partial charge in [0.15, 0.2) is 0 Å². The van der Waals surface area contributed by atoms with Crippen molar-refractivity contribution in [3.63, 3.8) is 0 Å². The van der Waals surface area contributed by atoms with Gasteiger partial charge in [0, 0.05) is 0 Å². The van der Waals surface area contributed by atoms with Crippen molar-refractivity contribution in [3.8, 4) is 0 Å². The van der Waals surface area contributed by atoms with Crippen molar-refractivity contribution in [2.24, 2.45) is 0 Å². The molecule has 0 radical (unpaired) electrons. The van der Waals surface area contributed by atoms with Crippen LogP contribution in [-0.2, 0) is 16.0 Å². The minimum Gasteiger partial charge on any atom is -0.446 e. The summed E-state index contributed by atoms with van der Waals surface area (Å²) in [5.41, 5.74) is 2.53. The number of ether oxygens (including phenoxy) is 1. The maximum atomic E-state index is 13.1. The summed E-state index contributed by atoms with van der Waals surface area (Å²) in [7, 11) is 0. The molecule has 0 aromatic heterocycles. The van der Waals surface area contributed by atoms with Gasteiger partial charge in [-0.15, -0.1) is 0 Å². The van der Waals surface area contributed by atoms with Gasteiger partial charge in [0.1, 0.15) is 23.6 Å². The number of benzene rings is 2. The summed E-state index contributed by atoms with van der Waals surface area (Å²) in [5.74, 6) is -0.505. The Morgan fingerprint density at radius 1 is 1.21 bits per heavy atom. The zero-order chi connectivity index (χ0) is 20.1. The Kier molecular flexibility index (Phi) is 6.86. The predicted molar refractivity (Wildman–Crippen MR) is 110 cm³/mol. The van der Waals surface area contributed by atoms with Crippen LogP contribution in [0.3, 0.4) is 0 Å². The van der Waals surface area contributed by atoms with E-state index in [4.69, 9.17) is 4.74 Å². The summed E-state index contributed by atoms with van der Waals surface area (Å²) in [6.45, 7) is 2.22. The lowest BCUT2D eigenvalue weighted by molar-refractivity contribution is -0.130. The average molecular weight is 446 g/mol. The van der Waals surface area contributed by atoms with Crippen LogP contribution < -0.4 is 0 Å². The SMILES string of the molecule is CCCCc1ccccc1[C@@H](O)[C@@H](Br)C(=O)N1C(=O)OC[C@H]1c1ccccc1. The Morgan fingerprint density at radius 3 is 2.61 bits per heavy atom. The van der Waals surface area contributed by atoms with Gasteiger partial charge in [-0.05, 0) is 29.5 Å². The molecule has 148 valence electrons. The predicted octanol–water partition coefficient (Wildman–Crippen LogP) is 4.55. The highest BCUT2D eigenvalue weighted by atomic mass is 79.9. The molecule has 0 unspecified atom stereocenters. The molecule has 1 fully saturated rings. The van der Waals surface area contributed by atoms with Gasteiger partial charge in [-0.2, -0.15) is 0 Å². The van der Waals surface area contributed by atoms with Crippen LogP contribution in [0.1, 0.15) is 48.6 Å². The van der Waals surface area contributed by atoms with Gasteiger partial charge < -0.3 is 9.84 Å². The number of nitrogens with zero attached hydrogens (tertiary/aromatic N) is 1. The summed E-state index contributed by atoms with van der Waals surface area (Å²) < 4.78 is 5.13. The fourth-order valence-electron chi connectivity index (χ4n) is 3.43. The number of aliphatic hydroxyl groups excluding tert-OH is 1. The number of carbonyl (C=O) groups excluding carboxylic acids is 2. The molecule has 2 amide bonds. The highest BCUT2D eigenvalue weighted by Crippen LogP contribution is 2.33. The molecule has 5 nitrogen and oxygen atoms in total. The molecule has 2 aromatic rings. The van der Waals surface area contributed by atoms with Crippen LogP contribution >= 0.6 is 15.9 Å². The number of alkyl halides is 1. The normalized spacial score (nSPS) is 18.6. The highest BCUT2D eigenvalue weighted by Gasteiger charge is 2.43. The molecule has 1 saturated heterocycles. The molecule has 1 aliphatic rings. The fourth-order valence-corrected chi connectivity index (χ4v) is 3.93. The summed E-state index contributed by atoms with van der Waals surface area (Å²) in [6, 6.07) is 16.4. The molecule has 0 spiro atoms. The minimum absolute atomic E-state index is 0.109. The number of aryl methyl sites for hydroxylation is 1. The molecule has 1 N–H and O–H groups in total. The summed E-state index contributed by atoms with van der Waals surface area (Å²) in [4.78, 5) is 25.5. The van der Waals surface area contributed by atoms with Crippen molar-refractivity contribution in [1.82, 2.24) is 4.90 Å². The zero-order valence-corrected chi connectivity index (χ0v) is 17.3. The van der Waals surface area contributed by atoms with E-state index in [1.807, 2.05) is 54.6 Å². The van der Waals surface area contributed by atoms with E-state index in [0.29, 0.717) is 5.56 Å². The van der Waals surface area contributed by atoms with Gasteiger partial charge in [-0.3, -0.25) is 4.79 Å². The van der Waals surface area contributed by atoms with Crippen LogP contribution in [0.2, 0.25) is 0 Å². The molecule has 1 heterocycles. The van der Waals surface area contributed by atoms with E-state index < -0.39 is 29.0 Å². The van der Waals surface area contributed by atoms with E-state index in [1.54, 1.807) is 0 Å². The maximum absolute atomic E-state index is 13.1. The number of imide groups is 1. The van der Waals surface area contributed by atoms with Gasteiger partial charge in [-0.25, -0.2) is 9.69 Å². The minimum atomic E-state index is -1.06. The lowest BCUT2D eigenvalue weighted by Gasteiger charge is -2.26. The first kappa shape index (κ1) is 20.6. The molecule has 28 heavy (non-hydrogen) atoms. The highest BCUT2D eigenvalue weighted by molar-refractivity contribution is 9.10. The number of unbranched alkanes of at least 4 members (excludes halogenated alkanes) is 1. The summed E-state index contributed by atoms with van der Waals surface area (Å²) in [5, 5.41) is 10.9. The molecule has 0 bridgehead atoms. The van der Waals surface area contributed by atoms with Crippen molar-refractivity contribution in [2.45, 2.75) is 43.2 Å². The lowest BCUT2D eigenvalue weighted by atomic mass is 9.96. The largest absolute Gasteiger partial charge is 0.446 e. The van der Waals surface area contributed by atoms with Gasteiger partial charge >= 0.3 is 6.09 Å². The van der Waals surface area contributed by atoms with Crippen LogP contribution in [0, 0.1) is 0 Å². The smallest absolute Gasteiger partial charge is 0.417 e.